The van der Waals surface area contributed by atoms with Gasteiger partial charge in [0.2, 0.25) is 5.95 Å². The van der Waals surface area contributed by atoms with Gasteiger partial charge in [-0.1, -0.05) is 18.2 Å². The molecule has 122 valence electrons. The highest BCUT2D eigenvalue weighted by Gasteiger charge is 2.06. The van der Waals surface area contributed by atoms with Crippen LogP contribution in [0, 0.1) is 13.8 Å². The number of hydrogen-bond acceptors (Lipinski definition) is 6. The molecule has 24 heavy (non-hydrogen) atoms. The highest BCUT2D eigenvalue weighted by molar-refractivity contribution is 5.64. The molecule has 0 aliphatic rings. The summed E-state index contributed by atoms with van der Waals surface area (Å²) in [5.74, 6) is 1.73. The van der Waals surface area contributed by atoms with Crippen molar-refractivity contribution in [2.24, 2.45) is 0 Å². The number of benzene rings is 2. The van der Waals surface area contributed by atoms with Crippen molar-refractivity contribution in [3.63, 3.8) is 0 Å². The molecule has 0 spiro atoms. The van der Waals surface area contributed by atoms with Crippen molar-refractivity contribution in [1.29, 1.82) is 0 Å². The third-order valence-corrected chi connectivity index (χ3v) is 3.41. The Kier molecular flexibility index (Phi) is 4.56. The number of methoxy groups -OCH3 is 1. The van der Waals surface area contributed by atoms with E-state index in [1.165, 1.54) is 11.1 Å². The first kappa shape index (κ1) is 15.7. The topological polar surface area (TPSA) is 72.0 Å². The molecule has 3 aromatic rings. The lowest BCUT2D eigenvalue weighted by Crippen LogP contribution is -2.03. The largest absolute Gasteiger partial charge is 0.495 e. The summed E-state index contributed by atoms with van der Waals surface area (Å²) in [6.07, 6.45) is 1.59. The van der Waals surface area contributed by atoms with Crippen LogP contribution in [0.4, 0.5) is 23.1 Å². The number of para-hydroxylation sites is 2. The molecule has 0 fully saturated rings. The maximum Gasteiger partial charge on any atom is 0.249 e. The predicted octanol–water partition coefficient (Wildman–Crippen LogP) is 3.98. The van der Waals surface area contributed by atoms with Crippen molar-refractivity contribution in [3.05, 3.63) is 59.8 Å². The van der Waals surface area contributed by atoms with Crippen LogP contribution in [-0.4, -0.2) is 22.3 Å². The molecule has 0 bridgehead atoms. The van der Waals surface area contributed by atoms with Crippen molar-refractivity contribution in [1.82, 2.24) is 15.2 Å². The van der Waals surface area contributed by atoms with Crippen LogP contribution >= 0.6 is 0 Å². The minimum absolute atomic E-state index is 0.397. The summed E-state index contributed by atoms with van der Waals surface area (Å²) in [6.45, 7) is 4.12. The second-order valence-electron chi connectivity index (χ2n) is 5.49. The molecule has 3 rings (SSSR count). The van der Waals surface area contributed by atoms with Crippen molar-refractivity contribution >= 4 is 23.1 Å². The van der Waals surface area contributed by atoms with Crippen molar-refractivity contribution in [3.8, 4) is 5.75 Å². The van der Waals surface area contributed by atoms with Crippen LogP contribution in [0.15, 0.2) is 48.7 Å². The number of anilines is 4. The van der Waals surface area contributed by atoms with Crippen molar-refractivity contribution in [2.75, 3.05) is 17.7 Å². The van der Waals surface area contributed by atoms with E-state index in [-0.39, 0.29) is 0 Å². The van der Waals surface area contributed by atoms with Gasteiger partial charge in [0.15, 0.2) is 5.82 Å². The summed E-state index contributed by atoms with van der Waals surface area (Å²) < 4.78 is 5.32. The third kappa shape index (κ3) is 3.78. The maximum absolute atomic E-state index is 5.32. The lowest BCUT2D eigenvalue weighted by molar-refractivity contribution is 0.417. The van der Waals surface area contributed by atoms with E-state index in [0.717, 1.165) is 11.4 Å². The van der Waals surface area contributed by atoms with Gasteiger partial charge in [0.05, 0.1) is 19.0 Å². The summed E-state index contributed by atoms with van der Waals surface area (Å²) in [4.78, 5) is 4.45. The molecule has 0 unspecified atom stereocenters. The number of hydrogen-bond donors (Lipinski definition) is 2. The molecule has 0 aliphatic carbocycles. The number of rotatable bonds is 5. The van der Waals surface area contributed by atoms with E-state index in [1.807, 2.05) is 24.3 Å². The first-order valence-corrected chi connectivity index (χ1v) is 7.59. The highest BCUT2D eigenvalue weighted by Crippen LogP contribution is 2.26. The fourth-order valence-electron chi connectivity index (χ4n) is 2.48. The number of nitrogens with zero attached hydrogens (tertiary/aromatic N) is 3. The zero-order valence-corrected chi connectivity index (χ0v) is 13.9. The van der Waals surface area contributed by atoms with E-state index < -0.39 is 0 Å². The average Bonchev–Trinajstić information content (AvgIpc) is 2.55. The Hall–Kier alpha value is -3.15. The quantitative estimate of drug-likeness (QED) is 0.740. The van der Waals surface area contributed by atoms with Crippen LogP contribution in [-0.2, 0) is 0 Å². The Labute approximate surface area is 140 Å². The van der Waals surface area contributed by atoms with Crippen LogP contribution in [0.2, 0.25) is 0 Å². The van der Waals surface area contributed by atoms with Gasteiger partial charge in [-0.2, -0.15) is 10.1 Å². The molecule has 6 nitrogen and oxygen atoms in total. The van der Waals surface area contributed by atoms with Crippen LogP contribution in [0.25, 0.3) is 0 Å². The van der Waals surface area contributed by atoms with Crippen LogP contribution in [0.5, 0.6) is 5.75 Å². The number of ether oxygens (including phenoxy) is 1. The molecule has 2 aromatic carbocycles. The summed E-state index contributed by atoms with van der Waals surface area (Å²) in [6, 6.07) is 13.8. The normalized spacial score (nSPS) is 10.3. The summed E-state index contributed by atoms with van der Waals surface area (Å²) in [5.41, 5.74) is 4.13. The van der Waals surface area contributed by atoms with E-state index >= 15 is 0 Å². The Morgan fingerprint density at radius 3 is 2.46 bits per heavy atom. The molecule has 0 amide bonds. The minimum Gasteiger partial charge on any atom is -0.495 e. The van der Waals surface area contributed by atoms with Gasteiger partial charge in [0.25, 0.3) is 0 Å². The molecule has 1 heterocycles. The van der Waals surface area contributed by atoms with E-state index in [4.69, 9.17) is 4.74 Å². The van der Waals surface area contributed by atoms with Crippen molar-refractivity contribution < 1.29 is 4.74 Å². The lowest BCUT2D eigenvalue weighted by atomic mass is 10.1. The van der Waals surface area contributed by atoms with Gasteiger partial charge < -0.3 is 15.4 Å². The second-order valence-corrected chi connectivity index (χ2v) is 5.49. The molecular weight excluding hydrogens is 302 g/mol. The molecule has 6 heteroatoms. The predicted molar refractivity (Wildman–Crippen MR) is 95.3 cm³/mol. The van der Waals surface area contributed by atoms with Gasteiger partial charge in [-0.25, -0.2) is 0 Å². The van der Waals surface area contributed by atoms with Crippen LogP contribution in [0.1, 0.15) is 11.1 Å². The van der Waals surface area contributed by atoms with Gasteiger partial charge in [0, 0.05) is 5.69 Å². The van der Waals surface area contributed by atoms with Crippen LogP contribution < -0.4 is 15.4 Å². The Bertz CT molecular complexity index is 830. The number of aryl methyl sites for hydroxylation is 2. The minimum atomic E-state index is 0.397. The molecule has 0 atom stereocenters. The molecular formula is C18H19N5O. The van der Waals surface area contributed by atoms with E-state index in [0.29, 0.717) is 17.5 Å². The second kappa shape index (κ2) is 6.95. The standard InChI is InChI=1S/C18H19N5O/c1-12-8-13(2)10-14(9-12)20-17-11-19-23-18(22-17)21-15-6-4-5-7-16(15)24-3/h4-11H,1-3H3,(H2,20,21,22,23). The van der Waals surface area contributed by atoms with Gasteiger partial charge in [-0.05, 0) is 49.2 Å². The maximum atomic E-state index is 5.32. The number of aromatic nitrogens is 3. The molecule has 0 saturated carbocycles. The van der Waals surface area contributed by atoms with Gasteiger partial charge in [-0.3, -0.25) is 0 Å². The Balaban J connectivity index is 1.81. The first-order valence-electron chi connectivity index (χ1n) is 7.59. The monoisotopic (exact) mass is 321 g/mol. The molecule has 0 aliphatic heterocycles. The zero-order valence-electron chi connectivity index (χ0n) is 13.9. The van der Waals surface area contributed by atoms with Crippen molar-refractivity contribution in [2.45, 2.75) is 13.8 Å². The highest BCUT2D eigenvalue weighted by atomic mass is 16.5. The third-order valence-electron chi connectivity index (χ3n) is 3.41. The zero-order chi connectivity index (χ0) is 16.9. The first-order chi connectivity index (χ1) is 11.6. The van der Waals surface area contributed by atoms with Crippen LogP contribution in [0.3, 0.4) is 0 Å². The molecule has 2 N–H and O–H groups in total. The van der Waals surface area contributed by atoms with Gasteiger partial charge in [0.1, 0.15) is 5.75 Å². The Morgan fingerprint density at radius 1 is 0.958 bits per heavy atom. The van der Waals surface area contributed by atoms with Gasteiger partial charge in [-0.15, -0.1) is 5.10 Å². The molecule has 0 saturated heterocycles. The molecule has 0 radical (unpaired) electrons. The fourth-order valence-corrected chi connectivity index (χ4v) is 2.48. The SMILES string of the molecule is COc1ccccc1Nc1nncc(Nc2cc(C)cc(C)c2)n1. The van der Waals surface area contributed by atoms with E-state index in [2.05, 4.69) is 57.9 Å². The average molecular weight is 321 g/mol. The smallest absolute Gasteiger partial charge is 0.249 e. The summed E-state index contributed by atoms with van der Waals surface area (Å²) in [5, 5.41) is 14.4. The summed E-state index contributed by atoms with van der Waals surface area (Å²) >= 11 is 0. The van der Waals surface area contributed by atoms with Gasteiger partial charge >= 0.3 is 0 Å². The summed E-state index contributed by atoms with van der Waals surface area (Å²) in [7, 11) is 1.62. The fraction of sp³-hybridized carbons (Fsp3) is 0.167. The lowest BCUT2D eigenvalue weighted by Gasteiger charge is -2.11. The number of nitrogens with one attached hydrogen (secondary N) is 2. The van der Waals surface area contributed by atoms with E-state index in [9.17, 15) is 0 Å². The molecule has 1 aromatic heterocycles. The van der Waals surface area contributed by atoms with E-state index in [1.54, 1.807) is 13.3 Å². The Morgan fingerprint density at radius 2 is 1.71 bits per heavy atom.